The zero-order chi connectivity index (χ0) is 27.9. The van der Waals surface area contributed by atoms with E-state index in [-0.39, 0.29) is 10.8 Å². The van der Waals surface area contributed by atoms with Crippen molar-refractivity contribution in [2.45, 2.75) is 58.0 Å². The van der Waals surface area contributed by atoms with Gasteiger partial charge in [0.2, 0.25) is 0 Å². The molecule has 2 aromatic rings. The van der Waals surface area contributed by atoms with Crippen LogP contribution in [0.4, 0.5) is 0 Å². The average Bonchev–Trinajstić information content (AvgIpc) is 2.79. The second-order valence-corrected chi connectivity index (χ2v) is 12.4. The summed E-state index contributed by atoms with van der Waals surface area (Å²) in [4.78, 5) is 31.3. The molecule has 0 saturated heterocycles. The maximum absolute atomic E-state index is 12.2. The minimum absolute atomic E-state index is 0.148. The molecule has 0 atom stereocenters. The number of aliphatic hydroxyl groups excluding tert-OH is 3. The molecule has 0 aromatic heterocycles. The Morgan fingerprint density at radius 3 is 1.14 bits per heavy atom. The van der Waals surface area contributed by atoms with Gasteiger partial charge in [0.1, 0.15) is 5.60 Å². The number of aliphatic hydroxyl groups is 4. The molecule has 0 bridgehead atoms. The van der Waals surface area contributed by atoms with E-state index in [0.717, 1.165) is 11.1 Å². The molecule has 0 aliphatic rings. The van der Waals surface area contributed by atoms with E-state index >= 15 is 0 Å². The SMILES string of the molecule is CC(C)(C)c1cccc(C(O)(c2cccc(C(C)(C)C)c2)C(CO)(CO)CO)c1.OP(O)OP(O)O. The van der Waals surface area contributed by atoms with Gasteiger partial charge in [-0.25, -0.2) is 4.31 Å². The summed E-state index contributed by atoms with van der Waals surface area (Å²) in [6.45, 7) is 10.8. The summed E-state index contributed by atoms with van der Waals surface area (Å²) in [5, 5.41) is 42.8. The summed E-state index contributed by atoms with van der Waals surface area (Å²) in [6, 6.07) is 15.1. The van der Waals surface area contributed by atoms with Gasteiger partial charge in [0.15, 0.2) is 0 Å². The van der Waals surface area contributed by atoms with Crippen LogP contribution in [0.3, 0.4) is 0 Å². The van der Waals surface area contributed by atoms with Gasteiger partial charge in [-0.1, -0.05) is 90.1 Å². The lowest BCUT2D eigenvalue weighted by molar-refractivity contribution is -0.136. The lowest BCUT2D eigenvalue weighted by atomic mass is 9.64. The molecule has 0 heterocycles. The van der Waals surface area contributed by atoms with Crippen molar-refractivity contribution in [3.05, 3.63) is 70.8 Å². The molecule has 0 spiro atoms. The summed E-state index contributed by atoms with van der Waals surface area (Å²) in [6.07, 6.45) is 0. The standard InChI is InChI=1S/C25H36O4.H4O5P2/c1-22(2,3)18-9-7-11-20(13-18)25(29,24(15-26,16-27)17-28)21-12-8-10-19(14-21)23(4,5)6;1-6(2)5-7(3)4/h7-14,26-29H,15-17H2,1-6H3;1-4H. The van der Waals surface area contributed by atoms with E-state index in [2.05, 4.69) is 45.9 Å². The third kappa shape index (κ3) is 7.97. The topological polar surface area (TPSA) is 171 Å². The maximum atomic E-state index is 12.2. The lowest BCUT2D eigenvalue weighted by Gasteiger charge is -2.45. The number of benzene rings is 2. The van der Waals surface area contributed by atoms with Crippen LogP contribution in [-0.4, -0.2) is 59.8 Å². The highest BCUT2D eigenvalue weighted by Gasteiger charge is 2.52. The predicted octanol–water partition coefficient (Wildman–Crippen LogP) is 2.91. The quantitative estimate of drug-likeness (QED) is 0.232. The van der Waals surface area contributed by atoms with Gasteiger partial charge < -0.3 is 40.0 Å². The number of hydrogen-bond donors (Lipinski definition) is 8. The van der Waals surface area contributed by atoms with Gasteiger partial charge in [0.25, 0.3) is 0 Å². The molecule has 0 fully saturated rings. The molecule has 36 heavy (non-hydrogen) atoms. The summed E-state index contributed by atoms with van der Waals surface area (Å²) < 4.78 is 3.60. The maximum Gasteiger partial charge on any atom is 0.334 e. The van der Waals surface area contributed by atoms with E-state index in [1.807, 2.05) is 36.4 Å². The van der Waals surface area contributed by atoms with Crippen LogP contribution in [0, 0.1) is 5.41 Å². The minimum atomic E-state index is -2.61. The van der Waals surface area contributed by atoms with Crippen molar-refractivity contribution in [2.75, 3.05) is 19.8 Å². The zero-order valence-electron chi connectivity index (χ0n) is 21.6. The second kappa shape index (κ2) is 13.1. The highest BCUT2D eigenvalue weighted by molar-refractivity contribution is 7.53. The highest BCUT2D eigenvalue weighted by Crippen LogP contribution is 2.46. The second-order valence-electron chi connectivity index (χ2n) is 10.7. The molecule has 0 amide bonds. The van der Waals surface area contributed by atoms with Crippen molar-refractivity contribution in [1.82, 2.24) is 0 Å². The molecule has 0 radical (unpaired) electrons. The third-order valence-electron chi connectivity index (χ3n) is 6.11. The fraction of sp³-hybridized carbons (Fsp3) is 0.520. The van der Waals surface area contributed by atoms with Crippen LogP contribution < -0.4 is 0 Å². The molecule has 204 valence electrons. The highest BCUT2D eigenvalue weighted by atomic mass is 31.2. The van der Waals surface area contributed by atoms with E-state index in [4.69, 9.17) is 19.6 Å². The Balaban J connectivity index is 0.000000809. The Kier molecular flexibility index (Phi) is 12.0. The summed E-state index contributed by atoms with van der Waals surface area (Å²) >= 11 is 0. The molecule has 8 N–H and O–H groups in total. The lowest BCUT2D eigenvalue weighted by Crippen LogP contribution is -2.54. The first-order valence-corrected chi connectivity index (χ1v) is 13.6. The Labute approximate surface area is 215 Å². The Morgan fingerprint density at radius 2 is 0.917 bits per heavy atom. The summed E-state index contributed by atoms with van der Waals surface area (Å²) in [5.74, 6) is 0. The first-order chi connectivity index (χ1) is 16.5. The first-order valence-electron chi connectivity index (χ1n) is 11.3. The Bertz CT molecular complexity index is 877. The van der Waals surface area contributed by atoms with Gasteiger partial charge in [-0.2, -0.15) is 0 Å². The van der Waals surface area contributed by atoms with Crippen LogP contribution in [0.25, 0.3) is 0 Å². The van der Waals surface area contributed by atoms with Crippen molar-refractivity contribution in [3.8, 4) is 0 Å². The molecule has 0 unspecified atom stereocenters. The predicted molar refractivity (Wildman–Crippen MR) is 141 cm³/mol. The smallest absolute Gasteiger partial charge is 0.334 e. The van der Waals surface area contributed by atoms with Crippen LogP contribution in [0.5, 0.6) is 0 Å². The van der Waals surface area contributed by atoms with Gasteiger partial charge in [0, 0.05) is 0 Å². The third-order valence-corrected chi connectivity index (χ3v) is 7.28. The first kappa shape index (κ1) is 33.0. The molecule has 2 aromatic carbocycles. The molecule has 9 nitrogen and oxygen atoms in total. The van der Waals surface area contributed by atoms with E-state index in [9.17, 15) is 20.4 Å². The molecular formula is C25H40O9P2. The van der Waals surface area contributed by atoms with Crippen LogP contribution in [0.15, 0.2) is 48.5 Å². The zero-order valence-corrected chi connectivity index (χ0v) is 23.4. The van der Waals surface area contributed by atoms with E-state index in [1.165, 1.54) is 0 Å². The van der Waals surface area contributed by atoms with Crippen LogP contribution in [0.1, 0.15) is 63.8 Å². The van der Waals surface area contributed by atoms with Gasteiger partial charge >= 0.3 is 17.2 Å². The van der Waals surface area contributed by atoms with Gasteiger partial charge in [-0.15, -0.1) is 0 Å². The van der Waals surface area contributed by atoms with E-state index in [0.29, 0.717) is 11.1 Å². The van der Waals surface area contributed by atoms with Crippen molar-refractivity contribution in [3.63, 3.8) is 0 Å². The number of hydrogen-bond acceptors (Lipinski definition) is 9. The van der Waals surface area contributed by atoms with Crippen LogP contribution in [0.2, 0.25) is 0 Å². The molecule has 0 aliphatic heterocycles. The largest absolute Gasteiger partial charge is 0.395 e. The van der Waals surface area contributed by atoms with Crippen molar-refractivity contribution in [1.29, 1.82) is 0 Å². The molecule has 0 aliphatic carbocycles. The fourth-order valence-corrected chi connectivity index (χ4v) is 4.28. The minimum Gasteiger partial charge on any atom is -0.395 e. The van der Waals surface area contributed by atoms with Gasteiger partial charge in [-0.05, 0) is 33.1 Å². The Morgan fingerprint density at radius 1 is 0.611 bits per heavy atom. The monoisotopic (exact) mass is 546 g/mol. The van der Waals surface area contributed by atoms with E-state index in [1.54, 1.807) is 12.1 Å². The van der Waals surface area contributed by atoms with Crippen LogP contribution in [-0.2, 0) is 20.7 Å². The van der Waals surface area contributed by atoms with Crippen molar-refractivity contribution >= 4 is 17.2 Å². The molecule has 0 saturated carbocycles. The average molecular weight is 547 g/mol. The summed E-state index contributed by atoms with van der Waals surface area (Å²) in [5.41, 5.74) is -0.532. The molecular weight excluding hydrogens is 506 g/mol. The summed E-state index contributed by atoms with van der Waals surface area (Å²) in [7, 11) is -5.22. The van der Waals surface area contributed by atoms with Crippen molar-refractivity contribution < 1.29 is 44.3 Å². The van der Waals surface area contributed by atoms with E-state index < -0.39 is 48.0 Å². The van der Waals surface area contributed by atoms with Crippen molar-refractivity contribution in [2.24, 2.45) is 5.41 Å². The fourth-order valence-electron chi connectivity index (χ4n) is 3.76. The van der Waals surface area contributed by atoms with Gasteiger partial charge in [-0.3, -0.25) is 0 Å². The Hall–Kier alpha value is -1.06. The molecule has 2 rings (SSSR count). The number of rotatable bonds is 8. The normalized spacial score (nSPS) is 13.1. The molecule has 11 heteroatoms. The van der Waals surface area contributed by atoms with Crippen LogP contribution >= 0.6 is 17.2 Å². The van der Waals surface area contributed by atoms with Gasteiger partial charge in [0.05, 0.1) is 25.2 Å².